The van der Waals surface area contributed by atoms with Crippen LogP contribution in [0.3, 0.4) is 0 Å². The molecule has 3 rings (SSSR count). The van der Waals surface area contributed by atoms with E-state index >= 15 is 0 Å². The van der Waals surface area contributed by atoms with Crippen LogP contribution in [0.1, 0.15) is 38.5 Å². The van der Waals surface area contributed by atoms with Crippen LogP contribution in [0.2, 0.25) is 0 Å². The topological polar surface area (TPSA) is 92.5 Å². The van der Waals surface area contributed by atoms with Crippen molar-refractivity contribution in [3.05, 3.63) is 12.1 Å². The quantitative estimate of drug-likeness (QED) is 0.862. The molecule has 0 amide bonds. The van der Waals surface area contributed by atoms with Crippen molar-refractivity contribution in [3.63, 3.8) is 0 Å². The standard InChI is InChI=1S/C12H18N6O/c1-2-4-12(5-3-6-13-8-12)11-15-10(17-19-11)9-7-14-18-16-9/h7,13H,2-6,8H2,1H3,(H,14,16,18). The van der Waals surface area contributed by atoms with Gasteiger partial charge in [-0.2, -0.15) is 20.4 Å². The fraction of sp³-hybridized carbons (Fsp3) is 0.667. The van der Waals surface area contributed by atoms with Crippen LogP contribution in [-0.4, -0.2) is 38.6 Å². The minimum Gasteiger partial charge on any atom is -0.338 e. The number of nitrogens with one attached hydrogen (secondary N) is 2. The highest BCUT2D eigenvalue weighted by molar-refractivity contribution is 5.45. The van der Waals surface area contributed by atoms with Gasteiger partial charge in [0.25, 0.3) is 0 Å². The van der Waals surface area contributed by atoms with E-state index in [0.29, 0.717) is 11.5 Å². The Balaban J connectivity index is 1.90. The molecule has 19 heavy (non-hydrogen) atoms. The molecule has 102 valence electrons. The highest BCUT2D eigenvalue weighted by Gasteiger charge is 2.38. The third-order valence-electron chi connectivity index (χ3n) is 3.72. The number of aromatic amines is 1. The number of nitrogens with zero attached hydrogens (tertiary/aromatic N) is 4. The second kappa shape index (κ2) is 5.08. The summed E-state index contributed by atoms with van der Waals surface area (Å²) >= 11 is 0. The van der Waals surface area contributed by atoms with Gasteiger partial charge in [0.05, 0.1) is 11.6 Å². The van der Waals surface area contributed by atoms with E-state index in [-0.39, 0.29) is 5.41 Å². The van der Waals surface area contributed by atoms with Crippen LogP contribution in [0.25, 0.3) is 11.5 Å². The molecule has 1 saturated heterocycles. The van der Waals surface area contributed by atoms with Crippen LogP contribution < -0.4 is 5.32 Å². The molecule has 1 atom stereocenters. The molecule has 1 aliphatic rings. The van der Waals surface area contributed by atoms with Crippen molar-refractivity contribution in [2.45, 2.75) is 38.0 Å². The smallest absolute Gasteiger partial charge is 0.234 e. The second-order valence-electron chi connectivity index (χ2n) is 5.09. The van der Waals surface area contributed by atoms with Crippen LogP contribution in [0, 0.1) is 0 Å². The molecule has 2 aromatic heterocycles. The number of rotatable bonds is 4. The maximum absolute atomic E-state index is 5.50. The first kappa shape index (κ1) is 12.3. The minimum atomic E-state index is -0.0258. The van der Waals surface area contributed by atoms with Gasteiger partial charge in [-0.25, -0.2) is 0 Å². The van der Waals surface area contributed by atoms with Gasteiger partial charge in [0.2, 0.25) is 11.7 Å². The largest absolute Gasteiger partial charge is 0.338 e. The summed E-state index contributed by atoms with van der Waals surface area (Å²) in [5, 5.41) is 17.8. The molecule has 0 radical (unpaired) electrons. The van der Waals surface area contributed by atoms with Gasteiger partial charge in [0, 0.05) is 6.54 Å². The Kier molecular flexibility index (Phi) is 3.29. The van der Waals surface area contributed by atoms with E-state index in [1.165, 1.54) is 0 Å². The molecule has 2 aromatic rings. The highest BCUT2D eigenvalue weighted by atomic mass is 16.5. The van der Waals surface area contributed by atoms with E-state index < -0.39 is 0 Å². The van der Waals surface area contributed by atoms with Crippen molar-refractivity contribution < 1.29 is 4.52 Å². The maximum atomic E-state index is 5.50. The zero-order valence-corrected chi connectivity index (χ0v) is 11.0. The Morgan fingerprint density at radius 3 is 3.11 bits per heavy atom. The summed E-state index contributed by atoms with van der Waals surface area (Å²) < 4.78 is 5.50. The van der Waals surface area contributed by atoms with Gasteiger partial charge in [0.15, 0.2) is 5.69 Å². The van der Waals surface area contributed by atoms with Crippen LogP contribution in [-0.2, 0) is 5.41 Å². The predicted octanol–water partition coefficient (Wildman–Crippen LogP) is 1.28. The lowest BCUT2D eigenvalue weighted by Crippen LogP contribution is -2.43. The first-order chi connectivity index (χ1) is 9.34. The van der Waals surface area contributed by atoms with Crippen molar-refractivity contribution in [1.29, 1.82) is 0 Å². The van der Waals surface area contributed by atoms with Crippen LogP contribution in [0.15, 0.2) is 10.7 Å². The molecule has 2 N–H and O–H groups in total. The van der Waals surface area contributed by atoms with Crippen molar-refractivity contribution in [2.24, 2.45) is 0 Å². The summed E-state index contributed by atoms with van der Waals surface area (Å²) in [6, 6.07) is 0. The third kappa shape index (κ3) is 2.25. The minimum absolute atomic E-state index is 0.0258. The average molecular weight is 262 g/mol. The van der Waals surface area contributed by atoms with Gasteiger partial charge in [-0.05, 0) is 25.8 Å². The molecule has 3 heterocycles. The van der Waals surface area contributed by atoms with Crippen molar-refractivity contribution in [1.82, 2.24) is 30.9 Å². The van der Waals surface area contributed by atoms with Crippen LogP contribution >= 0.6 is 0 Å². The van der Waals surface area contributed by atoms with E-state index in [0.717, 1.165) is 44.7 Å². The second-order valence-corrected chi connectivity index (χ2v) is 5.09. The monoisotopic (exact) mass is 262 g/mol. The summed E-state index contributed by atoms with van der Waals surface area (Å²) in [4.78, 5) is 4.53. The SMILES string of the molecule is CCCC1(c2nc(-c3cn[nH]n3)no2)CCCNC1. The number of hydrogen-bond acceptors (Lipinski definition) is 6. The molecule has 0 bridgehead atoms. The summed E-state index contributed by atoms with van der Waals surface area (Å²) in [7, 11) is 0. The zero-order valence-electron chi connectivity index (χ0n) is 11.0. The van der Waals surface area contributed by atoms with E-state index in [9.17, 15) is 0 Å². The lowest BCUT2D eigenvalue weighted by molar-refractivity contribution is 0.213. The Morgan fingerprint density at radius 1 is 1.47 bits per heavy atom. The summed E-state index contributed by atoms with van der Waals surface area (Å²) in [5.74, 6) is 1.23. The molecular formula is C12H18N6O. The number of aromatic nitrogens is 5. The van der Waals surface area contributed by atoms with E-state index in [1.807, 2.05) is 0 Å². The Morgan fingerprint density at radius 2 is 2.42 bits per heavy atom. The molecule has 1 aliphatic heterocycles. The van der Waals surface area contributed by atoms with Crippen LogP contribution in [0.4, 0.5) is 0 Å². The first-order valence-electron chi connectivity index (χ1n) is 6.75. The molecule has 1 unspecified atom stereocenters. The lowest BCUT2D eigenvalue weighted by Gasteiger charge is -2.34. The molecule has 7 nitrogen and oxygen atoms in total. The zero-order chi connectivity index (χ0) is 13.1. The van der Waals surface area contributed by atoms with Gasteiger partial charge >= 0.3 is 0 Å². The van der Waals surface area contributed by atoms with E-state index in [1.54, 1.807) is 6.20 Å². The normalized spacial score (nSPS) is 23.6. The molecule has 0 aliphatic carbocycles. The van der Waals surface area contributed by atoms with Gasteiger partial charge in [-0.3, -0.25) is 0 Å². The summed E-state index contributed by atoms with van der Waals surface area (Å²) in [5.41, 5.74) is 0.590. The first-order valence-corrected chi connectivity index (χ1v) is 6.75. The van der Waals surface area contributed by atoms with Gasteiger partial charge in [0.1, 0.15) is 0 Å². The number of hydrogen-bond donors (Lipinski definition) is 2. The Hall–Kier alpha value is -1.76. The predicted molar refractivity (Wildman–Crippen MR) is 68.4 cm³/mol. The summed E-state index contributed by atoms with van der Waals surface area (Å²) in [6.45, 7) is 4.16. The fourth-order valence-corrected chi connectivity index (χ4v) is 2.80. The highest BCUT2D eigenvalue weighted by Crippen LogP contribution is 2.35. The Bertz CT molecular complexity index is 509. The molecule has 7 heteroatoms. The van der Waals surface area contributed by atoms with E-state index in [4.69, 9.17) is 4.52 Å². The van der Waals surface area contributed by atoms with Crippen molar-refractivity contribution in [2.75, 3.05) is 13.1 Å². The third-order valence-corrected chi connectivity index (χ3v) is 3.72. The summed E-state index contributed by atoms with van der Waals surface area (Å²) in [6.07, 6.45) is 5.99. The lowest BCUT2D eigenvalue weighted by atomic mass is 9.77. The molecule has 0 aromatic carbocycles. The van der Waals surface area contributed by atoms with Gasteiger partial charge < -0.3 is 9.84 Å². The van der Waals surface area contributed by atoms with Gasteiger partial charge in [-0.15, -0.1) is 0 Å². The molecule has 0 saturated carbocycles. The molecule has 1 fully saturated rings. The Labute approximate surface area is 111 Å². The van der Waals surface area contributed by atoms with E-state index in [2.05, 4.69) is 37.8 Å². The average Bonchev–Trinajstić information content (AvgIpc) is 3.11. The van der Waals surface area contributed by atoms with Crippen molar-refractivity contribution in [3.8, 4) is 11.5 Å². The molecular weight excluding hydrogens is 244 g/mol. The fourth-order valence-electron chi connectivity index (χ4n) is 2.80. The molecule has 0 spiro atoms. The maximum Gasteiger partial charge on any atom is 0.234 e. The number of piperidine rings is 1. The van der Waals surface area contributed by atoms with Crippen molar-refractivity contribution >= 4 is 0 Å². The van der Waals surface area contributed by atoms with Crippen LogP contribution in [0.5, 0.6) is 0 Å². The number of H-pyrrole nitrogens is 1. The van der Waals surface area contributed by atoms with Gasteiger partial charge in [-0.1, -0.05) is 18.5 Å².